The van der Waals surface area contributed by atoms with Crippen LogP contribution < -0.4 is 5.73 Å². The van der Waals surface area contributed by atoms with E-state index in [0.29, 0.717) is 18.1 Å². The molecule has 0 bridgehead atoms. The van der Waals surface area contributed by atoms with Crippen LogP contribution in [0.15, 0.2) is 24.3 Å². The Kier molecular flexibility index (Phi) is 6.43. The molecule has 0 unspecified atom stereocenters. The first-order valence-corrected chi connectivity index (χ1v) is 8.62. The predicted octanol–water partition coefficient (Wildman–Crippen LogP) is 3.03. The number of carbonyl (C=O) groups is 1. The molecule has 6 nitrogen and oxygen atoms in total. The first kappa shape index (κ1) is 19.7. The maximum Gasteiger partial charge on any atom is 0.293 e. The Morgan fingerprint density at radius 3 is 2.52 bits per heavy atom. The smallest absolute Gasteiger partial charge is 0.293 e. The maximum atomic E-state index is 12.7. The van der Waals surface area contributed by atoms with E-state index in [1.807, 2.05) is 32.0 Å². The molecule has 2 aromatic rings. The van der Waals surface area contributed by atoms with Gasteiger partial charge < -0.3 is 10.6 Å². The Bertz CT molecular complexity index is 738. The third-order valence-electron chi connectivity index (χ3n) is 4.25. The van der Waals surface area contributed by atoms with Gasteiger partial charge >= 0.3 is 0 Å². The zero-order chi connectivity index (χ0) is 17.3. The quantitative estimate of drug-likeness (QED) is 0.883. The Balaban J connectivity index is 0.00000225. The topological polar surface area (TPSA) is 77.0 Å². The van der Waals surface area contributed by atoms with Crippen molar-refractivity contribution in [2.24, 2.45) is 5.73 Å². The van der Waals surface area contributed by atoms with Crippen molar-refractivity contribution in [3.8, 4) is 5.69 Å². The monoisotopic (exact) mass is 383 g/mol. The second-order valence-corrected chi connectivity index (χ2v) is 6.85. The van der Waals surface area contributed by atoms with Crippen LogP contribution in [0.4, 0.5) is 0 Å². The summed E-state index contributed by atoms with van der Waals surface area (Å²) in [6, 6.07) is 7.60. The van der Waals surface area contributed by atoms with Gasteiger partial charge in [-0.2, -0.15) is 0 Å². The van der Waals surface area contributed by atoms with Crippen LogP contribution in [0.1, 0.15) is 49.1 Å². The van der Waals surface area contributed by atoms with Crippen molar-refractivity contribution in [2.75, 3.05) is 13.1 Å². The van der Waals surface area contributed by atoms with Gasteiger partial charge in [0.1, 0.15) is 5.82 Å². The van der Waals surface area contributed by atoms with Gasteiger partial charge in [0.15, 0.2) is 0 Å². The highest BCUT2D eigenvalue weighted by Gasteiger charge is 2.27. The van der Waals surface area contributed by atoms with Gasteiger partial charge in [0, 0.05) is 25.0 Å². The maximum absolute atomic E-state index is 12.7. The molecule has 1 aromatic carbocycles. The number of hydrogen-bond acceptors (Lipinski definition) is 4. The highest BCUT2D eigenvalue weighted by Crippen LogP contribution is 2.24. The molecule has 0 spiro atoms. The fourth-order valence-electron chi connectivity index (χ4n) is 2.83. The number of hydrogen-bond donors (Lipinski definition) is 1. The van der Waals surface area contributed by atoms with E-state index in [-0.39, 0.29) is 36.1 Å². The van der Waals surface area contributed by atoms with Gasteiger partial charge in [-0.1, -0.05) is 37.6 Å². The number of carbonyl (C=O) groups excluding carboxylic acids is 1. The number of rotatable bonds is 3. The summed E-state index contributed by atoms with van der Waals surface area (Å²) in [6.07, 6.45) is 1.63. The molecule has 25 heavy (non-hydrogen) atoms. The van der Waals surface area contributed by atoms with Crippen LogP contribution in [0.5, 0.6) is 0 Å². The molecule has 1 aliphatic heterocycles. The van der Waals surface area contributed by atoms with Crippen LogP contribution in [-0.2, 0) is 0 Å². The molecule has 1 saturated heterocycles. The Morgan fingerprint density at radius 2 is 1.92 bits per heavy atom. The summed E-state index contributed by atoms with van der Waals surface area (Å²) < 4.78 is 1.68. The van der Waals surface area contributed by atoms with E-state index in [1.54, 1.807) is 15.6 Å². The van der Waals surface area contributed by atoms with E-state index in [1.165, 1.54) is 0 Å². The minimum absolute atomic E-state index is 0. The third-order valence-corrected chi connectivity index (χ3v) is 4.57. The van der Waals surface area contributed by atoms with E-state index in [4.69, 9.17) is 17.3 Å². The summed E-state index contributed by atoms with van der Waals surface area (Å²) >= 11 is 6.29. The second kappa shape index (κ2) is 8.17. The van der Waals surface area contributed by atoms with Crippen LogP contribution in [0, 0.1) is 0 Å². The van der Waals surface area contributed by atoms with Crippen LogP contribution in [0.25, 0.3) is 5.69 Å². The van der Waals surface area contributed by atoms with Crippen molar-refractivity contribution in [1.29, 1.82) is 0 Å². The lowest BCUT2D eigenvalue weighted by Gasteiger charge is -2.29. The molecule has 1 aromatic heterocycles. The van der Waals surface area contributed by atoms with E-state index in [9.17, 15) is 4.79 Å². The average Bonchev–Trinajstić information content (AvgIpc) is 3.00. The number of benzene rings is 1. The molecule has 0 radical (unpaired) electrons. The van der Waals surface area contributed by atoms with Crippen LogP contribution in [-0.4, -0.2) is 44.7 Å². The van der Waals surface area contributed by atoms with E-state index in [0.717, 1.165) is 24.4 Å². The van der Waals surface area contributed by atoms with Gasteiger partial charge in [-0.3, -0.25) is 4.79 Å². The Morgan fingerprint density at radius 1 is 1.28 bits per heavy atom. The number of likely N-dealkylation sites (tertiary alicyclic amines) is 1. The summed E-state index contributed by atoms with van der Waals surface area (Å²) in [6.45, 7) is 5.34. The van der Waals surface area contributed by atoms with Crippen molar-refractivity contribution in [1.82, 2.24) is 19.7 Å². The van der Waals surface area contributed by atoms with Crippen molar-refractivity contribution in [3.63, 3.8) is 0 Å². The fraction of sp³-hybridized carbons (Fsp3) is 0.471. The lowest BCUT2D eigenvalue weighted by molar-refractivity contribution is 0.0702. The molecule has 1 amide bonds. The van der Waals surface area contributed by atoms with Gasteiger partial charge in [0.25, 0.3) is 5.91 Å². The molecule has 0 saturated carbocycles. The SMILES string of the molecule is CC(C)c1nc(C(=O)N2CCC(N)CC2)nn1-c1ccccc1Cl.Cl. The van der Waals surface area contributed by atoms with Crippen LogP contribution >= 0.6 is 24.0 Å². The lowest BCUT2D eigenvalue weighted by Crippen LogP contribution is -2.43. The second-order valence-electron chi connectivity index (χ2n) is 6.44. The standard InChI is InChI=1S/C17H22ClN5O.ClH/c1-11(2)16-20-15(17(24)22-9-7-12(19)8-10-22)21-23(16)14-6-4-3-5-13(14)18;/h3-6,11-12H,7-10,19H2,1-2H3;1H. The minimum Gasteiger partial charge on any atom is -0.336 e. The number of aromatic nitrogens is 3. The Hall–Kier alpha value is -1.63. The van der Waals surface area contributed by atoms with Crippen LogP contribution in [0.2, 0.25) is 5.02 Å². The molecule has 1 aliphatic rings. The first-order valence-electron chi connectivity index (χ1n) is 8.24. The van der Waals surface area contributed by atoms with Gasteiger partial charge in [-0.05, 0) is 25.0 Å². The molecule has 8 heteroatoms. The summed E-state index contributed by atoms with van der Waals surface area (Å²) in [7, 11) is 0. The summed E-state index contributed by atoms with van der Waals surface area (Å²) in [5.41, 5.74) is 6.64. The largest absolute Gasteiger partial charge is 0.336 e. The number of nitrogens with two attached hydrogens (primary N) is 1. The van der Waals surface area contributed by atoms with Gasteiger partial charge in [0.2, 0.25) is 5.82 Å². The van der Waals surface area contributed by atoms with Gasteiger partial charge in [-0.15, -0.1) is 17.5 Å². The number of piperidine rings is 1. The molecule has 0 aliphatic carbocycles. The highest BCUT2D eigenvalue weighted by molar-refractivity contribution is 6.32. The van der Waals surface area contributed by atoms with E-state index in [2.05, 4.69) is 10.1 Å². The third kappa shape index (κ3) is 4.14. The molecule has 136 valence electrons. The number of halogens is 2. The molecule has 2 N–H and O–H groups in total. The average molecular weight is 384 g/mol. The number of para-hydroxylation sites is 1. The van der Waals surface area contributed by atoms with Crippen LogP contribution in [0.3, 0.4) is 0 Å². The summed E-state index contributed by atoms with van der Waals surface area (Å²) in [5.74, 6) is 0.911. The zero-order valence-corrected chi connectivity index (χ0v) is 15.9. The predicted molar refractivity (Wildman–Crippen MR) is 101 cm³/mol. The molecule has 0 atom stereocenters. The summed E-state index contributed by atoms with van der Waals surface area (Å²) in [5, 5.41) is 5.03. The molecule has 2 heterocycles. The highest BCUT2D eigenvalue weighted by atomic mass is 35.5. The molecular weight excluding hydrogens is 361 g/mol. The van der Waals surface area contributed by atoms with Crippen molar-refractivity contribution in [3.05, 3.63) is 40.9 Å². The minimum atomic E-state index is -0.144. The Labute approximate surface area is 158 Å². The first-order chi connectivity index (χ1) is 11.5. The zero-order valence-electron chi connectivity index (χ0n) is 14.4. The lowest BCUT2D eigenvalue weighted by atomic mass is 10.1. The van der Waals surface area contributed by atoms with Crippen molar-refractivity contribution < 1.29 is 4.79 Å². The fourth-order valence-corrected chi connectivity index (χ4v) is 3.05. The normalized spacial score (nSPS) is 15.3. The number of nitrogens with zero attached hydrogens (tertiary/aromatic N) is 4. The molecule has 1 fully saturated rings. The molecule has 3 rings (SSSR count). The van der Waals surface area contributed by atoms with Gasteiger partial charge in [0.05, 0.1) is 10.7 Å². The van der Waals surface area contributed by atoms with Crippen molar-refractivity contribution >= 4 is 29.9 Å². The van der Waals surface area contributed by atoms with E-state index < -0.39 is 0 Å². The van der Waals surface area contributed by atoms with Crippen molar-refractivity contribution in [2.45, 2.75) is 38.6 Å². The van der Waals surface area contributed by atoms with E-state index >= 15 is 0 Å². The summed E-state index contributed by atoms with van der Waals surface area (Å²) in [4.78, 5) is 19.0. The molecular formula is C17H23Cl2N5O. The number of amides is 1. The van der Waals surface area contributed by atoms with Gasteiger partial charge in [-0.25, -0.2) is 9.67 Å².